The Morgan fingerprint density at radius 2 is 0.446 bits per heavy atom. The average Bonchev–Trinajstić information content (AvgIpc) is 4.26. The molecule has 0 N–H and O–H groups in total. The molecule has 0 amide bonds. The molecule has 0 spiro atoms. The molecule has 10 aromatic carbocycles. The second-order valence-electron chi connectivity index (χ2n) is 18.2. The molecular weight excluding hydrogens is 955 g/mol. The van der Waals surface area contributed by atoms with Gasteiger partial charge in [0.1, 0.15) is 0 Å². The Morgan fingerprint density at radius 1 is 0.189 bits per heavy atom. The molecule has 6 heteroatoms. The van der Waals surface area contributed by atoms with Crippen molar-refractivity contribution >= 4 is 105 Å². The lowest BCUT2D eigenvalue weighted by Crippen LogP contribution is -2.13. The Hall–Kier alpha value is -8.78. The van der Waals surface area contributed by atoms with E-state index < -0.39 is 0 Å². The molecule has 3 heterocycles. The van der Waals surface area contributed by atoms with E-state index >= 15 is 0 Å². The van der Waals surface area contributed by atoms with Gasteiger partial charge in [-0.15, -0.1) is 34.0 Å². The first-order valence-corrected chi connectivity index (χ1v) is 27.2. The summed E-state index contributed by atoms with van der Waals surface area (Å²) >= 11 is 5.50. The van der Waals surface area contributed by atoms with Gasteiger partial charge < -0.3 is 14.7 Å². The van der Waals surface area contributed by atoms with Gasteiger partial charge in [-0.3, -0.25) is 0 Å². The smallest absolute Gasteiger partial charge is 0.0463 e. The molecule has 0 fully saturated rings. The van der Waals surface area contributed by atoms with Gasteiger partial charge in [-0.05, 0) is 179 Å². The van der Waals surface area contributed by atoms with Crippen molar-refractivity contribution in [2.45, 2.75) is 0 Å². The minimum atomic E-state index is 1.06. The van der Waals surface area contributed by atoms with E-state index in [2.05, 4.69) is 300 Å². The summed E-state index contributed by atoms with van der Waals surface area (Å²) in [6.07, 6.45) is 0. The molecule has 0 aliphatic carbocycles. The molecule has 0 aliphatic heterocycles. The zero-order valence-electron chi connectivity index (χ0n) is 40.2. The van der Waals surface area contributed by atoms with Crippen molar-refractivity contribution < 1.29 is 0 Å². The molecule has 0 bridgehead atoms. The van der Waals surface area contributed by atoms with Crippen LogP contribution in [0.15, 0.2) is 285 Å². The Bertz CT molecular complexity index is 3710. The third kappa shape index (κ3) is 9.08. The summed E-state index contributed by atoms with van der Waals surface area (Å²) in [6, 6.07) is 103. The van der Waals surface area contributed by atoms with Crippen LogP contribution in [0.25, 0.3) is 61.9 Å². The number of fused-ring (bicyclic) bond motifs is 2. The molecular formula is C68H47N3S3. The van der Waals surface area contributed by atoms with Gasteiger partial charge in [0.25, 0.3) is 0 Å². The summed E-state index contributed by atoms with van der Waals surface area (Å²) in [7, 11) is 0. The average molecular weight is 1000 g/mol. The third-order valence-electron chi connectivity index (χ3n) is 13.5. The molecule has 0 saturated carbocycles. The SMILES string of the molecule is c1ccc(-c2ccc(-c3ccc(N(c4ccc(N(c5ccccc5)c5ccc(-c6cc7ccccc7s6)cc5)cc4)c4ccc(N(c5ccccc5)c5ccc(-c6cc7ccccc7s6)cc5)cc4)cc3)s2)cc1. The summed E-state index contributed by atoms with van der Waals surface area (Å²) in [4.78, 5) is 12.1. The van der Waals surface area contributed by atoms with Crippen LogP contribution in [-0.2, 0) is 0 Å². The van der Waals surface area contributed by atoms with E-state index in [-0.39, 0.29) is 0 Å². The first-order chi connectivity index (χ1) is 36.6. The van der Waals surface area contributed by atoms with Gasteiger partial charge in [0.15, 0.2) is 0 Å². The van der Waals surface area contributed by atoms with Crippen LogP contribution in [0.4, 0.5) is 51.2 Å². The number of benzene rings is 10. The van der Waals surface area contributed by atoms with Crippen molar-refractivity contribution in [3.63, 3.8) is 0 Å². The topological polar surface area (TPSA) is 9.72 Å². The molecule has 352 valence electrons. The van der Waals surface area contributed by atoms with Gasteiger partial charge in [0, 0.05) is 80.1 Å². The van der Waals surface area contributed by atoms with Gasteiger partial charge in [-0.25, -0.2) is 0 Å². The largest absolute Gasteiger partial charge is 0.311 e. The standard InChI is InChI=1S/C68H47N3S3/c1-4-14-48(15-5-1)65-44-45-66(72-65)49-24-30-58(31-25-49)71(61-40-36-59(37-41-61)69(54-18-6-2-7-19-54)56-32-26-50(27-33-56)67-46-52-16-10-12-22-63(52)73-67)62-42-38-60(39-43-62)70(55-20-8-3-9-21-55)57-34-28-51(29-35-57)68-47-53-17-11-13-23-64(53)74-68/h1-47H. The fourth-order valence-corrected chi connectivity index (χ4v) is 13.0. The lowest BCUT2D eigenvalue weighted by Gasteiger charge is -2.29. The summed E-state index contributed by atoms with van der Waals surface area (Å²) in [5.74, 6) is 0. The number of thiophene rings is 3. The zero-order valence-corrected chi connectivity index (χ0v) is 42.7. The summed E-state index contributed by atoms with van der Waals surface area (Å²) < 4.78 is 2.61. The monoisotopic (exact) mass is 1000 g/mol. The van der Waals surface area contributed by atoms with Crippen LogP contribution < -0.4 is 14.7 Å². The highest BCUT2D eigenvalue weighted by Crippen LogP contribution is 2.44. The number of anilines is 9. The lowest BCUT2D eigenvalue weighted by molar-refractivity contribution is 1.25. The van der Waals surface area contributed by atoms with Crippen LogP contribution in [0.1, 0.15) is 0 Å². The van der Waals surface area contributed by atoms with Crippen LogP contribution >= 0.6 is 34.0 Å². The molecule has 0 saturated heterocycles. The Morgan fingerprint density at radius 3 is 0.784 bits per heavy atom. The van der Waals surface area contributed by atoms with E-state index in [1.165, 1.54) is 61.9 Å². The molecule has 13 aromatic rings. The maximum Gasteiger partial charge on any atom is 0.0463 e. The van der Waals surface area contributed by atoms with E-state index in [0.717, 1.165) is 51.2 Å². The van der Waals surface area contributed by atoms with Crippen LogP contribution in [0.5, 0.6) is 0 Å². The highest BCUT2D eigenvalue weighted by Gasteiger charge is 2.19. The van der Waals surface area contributed by atoms with E-state index in [1.807, 2.05) is 34.0 Å². The quantitative estimate of drug-likeness (QED) is 0.114. The molecule has 13 rings (SSSR count). The minimum Gasteiger partial charge on any atom is -0.311 e. The third-order valence-corrected chi connectivity index (χ3v) is 17.0. The number of nitrogens with zero attached hydrogens (tertiary/aromatic N) is 3. The van der Waals surface area contributed by atoms with Crippen molar-refractivity contribution in [3.05, 3.63) is 285 Å². The predicted molar refractivity (Wildman–Crippen MR) is 321 cm³/mol. The minimum absolute atomic E-state index is 1.06. The van der Waals surface area contributed by atoms with E-state index in [1.54, 1.807) is 0 Å². The fourth-order valence-electron chi connectivity index (χ4n) is 9.82. The van der Waals surface area contributed by atoms with E-state index in [0.29, 0.717) is 0 Å². The van der Waals surface area contributed by atoms with E-state index in [4.69, 9.17) is 0 Å². The van der Waals surface area contributed by atoms with Gasteiger partial charge in [-0.1, -0.05) is 140 Å². The van der Waals surface area contributed by atoms with Crippen molar-refractivity contribution in [2.24, 2.45) is 0 Å². The van der Waals surface area contributed by atoms with Crippen molar-refractivity contribution in [2.75, 3.05) is 14.7 Å². The molecule has 0 unspecified atom stereocenters. The molecule has 3 aromatic heterocycles. The van der Waals surface area contributed by atoms with Crippen molar-refractivity contribution in [3.8, 4) is 41.8 Å². The second kappa shape index (κ2) is 20.0. The second-order valence-corrected chi connectivity index (χ2v) is 21.4. The highest BCUT2D eigenvalue weighted by atomic mass is 32.1. The van der Waals surface area contributed by atoms with Crippen LogP contribution in [0.3, 0.4) is 0 Å². The lowest BCUT2D eigenvalue weighted by atomic mass is 10.1. The molecule has 0 aliphatic rings. The number of para-hydroxylation sites is 2. The number of hydrogen-bond acceptors (Lipinski definition) is 6. The zero-order chi connectivity index (χ0) is 49.2. The van der Waals surface area contributed by atoms with Crippen molar-refractivity contribution in [1.82, 2.24) is 0 Å². The van der Waals surface area contributed by atoms with Crippen molar-refractivity contribution in [1.29, 1.82) is 0 Å². The fraction of sp³-hybridized carbons (Fsp3) is 0. The Balaban J connectivity index is 0.854. The maximum absolute atomic E-state index is 2.36. The summed E-state index contributed by atoms with van der Waals surface area (Å²) in [5, 5.41) is 2.56. The van der Waals surface area contributed by atoms with Gasteiger partial charge in [0.05, 0.1) is 0 Å². The maximum atomic E-state index is 2.36. The number of hydrogen-bond donors (Lipinski definition) is 0. The van der Waals surface area contributed by atoms with Crippen LogP contribution in [0.2, 0.25) is 0 Å². The van der Waals surface area contributed by atoms with Gasteiger partial charge in [-0.2, -0.15) is 0 Å². The summed E-state index contributed by atoms with van der Waals surface area (Å²) in [6.45, 7) is 0. The summed E-state index contributed by atoms with van der Waals surface area (Å²) in [5.41, 5.74) is 14.6. The first-order valence-electron chi connectivity index (χ1n) is 24.8. The molecule has 0 radical (unpaired) electrons. The highest BCUT2D eigenvalue weighted by molar-refractivity contribution is 7.22. The predicted octanol–water partition coefficient (Wildman–Crippen LogP) is 21.3. The molecule has 0 atom stereocenters. The Labute approximate surface area is 444 Å². The van der Waals surface area contributed by atoms with Crippen LogP contribution in [0, 0.1) is 0 Å². The molecule has 3 nitrogen and oxygen atoms in total. The number of rotatable bonds is 13. The van der Waals surface area contributed by atoms with Crippen LogP contribution in [-0.4, -0.2) is 0 Å². The Kier molecular flexibility index (Phi) is 12.2. The first kappa shape index (κ1) is 45.1. The van der Waals surface area contributed by atoms with E-state index in [9.17, 15) is 0 Å². The molecule has 74 heavy (non-hydrogen) atoms. The normalized spacial score (nSPS) is 11.2. The van der Waals surface area contributed by atoms with Gasteiger partial charge in [0.2, 0.25) is 0 Å². The van der Waals surface area contributed by atoms with Gasteiger partial charge >= 0.3 is 0 Å².